The molecular formula is C23H34O4. The van der Waals surface area contributed by atoms with Crippen molar-refractivity contribution in [2.75, 3.05) is 19.8 Å². The van der Waals surface area contributed by atoms with Gasteiger partial charge in [-0.15, -0.1) is 0 Å². The average Bonchev–Trinajstić information content (AvgIpc) is 3.27. The fraction of sp³-hybridized carbons (Fsp3) is 0.870. The summed E-state index contributed by atoms with van der Waals surface area (Å²) >= 11 is 0. The molecule has 0 radical (unpaired) electrons. The summed E-state index contributed by atoms with van der Waals surface area (Å²) in [5.41, 5.74) is 1.86. The zero-order valence-electron chi connectivity index (χ0n) is 16.8. The van der Waals surface area contributed by atoms with Gasteiger partial charge in [-0.1, -0.05) is 19.4 Å². The van der Waals surface area contributed by atoms with Gasteiger partial charge in [-0.25, -0.2) is 0 Å². The Hall–Kier alpha value is -0.710. The van der Waals surface area contributed by atoms with Crippen LogP contribution in [0.3, 0.4) is 0 Å². The van der Waals surface area contributed by atoms with Gasteiger partial charge in [-0.3, -0.25) is 4.79 Å². The van der Waals surface area contributed by atoms with Crippen molar-refractivity contribution in [2.45, 2.75) is 71.0 Å². The Labute approximate surface area is 162 Å². The monoisotopic (exact) mass is 374 g/mol. The van der Waals surface area contributed by atoms with E-state index in [1.54, 1.807) is 0 Å². The van der Waals surface area contributed by atoms with Gasteiger partial charge >= 0.3 is 0 Å². The molecule has 1 N–H and O–H groups in total. The van der Waals surface area contributed by atoms with Crippen molar-refractivity contribution in [3.05, 3.63) is 11.6 Å². The van der Waals surface area contributed by atoms with E-state index < -0.39 is 5.79 Å². The number of allylic oxidation sites excluding steroid dienone is 1. The molecule has 0 spiro atoms. The molecule has 5 rings (SSSR count). The lowest BCUT2D eigenvalue weighted by atomic mass is 9.46. The first-order valence-corrected chi connectivity index (χ1v) is 11.1. The molecule has 0 bridgehead atoms. The normalized spacial score (nSPS) is 48.6. The van der Waals surface area contributed by atoms with Crippen LogP contribution in [0.25, 0.3) is 0 Å². The summed E-state index contributed by atoms with van der Waals surface area (Å²) in [6.45, 7) is 6.07. The number of aliphatic hydroxyl groups is 1. The quantitative estimate of drug-likeness (QED) is 0.797. The Bertz CT molecular complexity index is 663. The Morgan fingerprint density at radius 2 is 1.81 bits per heavy atom. The molecule has 0 amide bonds. The molecule has 4 aliphatic carbocycles. The number of aliphatic hydroxyl groups excluding tert-OH is 1. The number of rotatable bonds is 2. The Kier molecular flexibility index (Phi) is 4.17. The summed E-state index contributed by atoms with van der Waals surface area (Å²) in [5, 5.41) is 10.1. The number of ether oxygens (including phenoxy) is 2. The molecule has 1 saturated heterocycles. The highest BCUT2D eigenvalue weighted by molar-refractivity contribution is 5.91. The fourth-order valence-corrected chi connectivity index (χ4v) is 8.15. The van der Waals surface area contributed by atoms with E-state index in [-0.39, 0.29) is 17.4 Å². The van der Waals surface area contributed by atoms with E-state index in [0.717, 1.165) is 31.6 Å². The zero-order valence-corrected chi connectivity index (χ0v) is 16.8. The Balaban J connectivity index is 1.45. The van der Waals surface area contributed by atoms with Crippen LogP contribution in [0.1, 0.15) is 65.2 Å². The van der Waals surface area contributed by atoms with Crippen LogP contribution in [0.5, 0.6) is 0 Å². The molecule has 5 aliphatic rings. The third kappa shape index (κ3) is 2.42. The van der Waals surface area contributed by atoms with Crippen molar-refractivity contribution in [2.24, 2.45) is 34.5 Å². The van der Waals surface area contributed by atoms with E-state index in [2.05, 4.69) is 13.8 Å². The minimum Gasteiger partial charge on any atom is -0.391 e. The van der Waals surface area contributed by atoms with E-state index in [4.69, 9.17) is 9.47 Å². The van der Waals surface area contributed by atoms with Gasteiger partial charge < -0.3 is 14.6 Å². The first-order valence-electron chi connectivity index (χ1n) is 11.1. The minimum absolute atomic E-state index is 0.0270. The molecule has 0 unspecified atom stereocenters. The number of ketones is 1. The largest absolute Gasteiger partial charge is 0.391 e. The van der Waals surface area contributed by atoms with Crippen LogP contribution in [-0.4, -0.2) is 36.5 Å². The average molecular weight is 375 g/mol. The first kappa shape index (κ1) is 18.3. The Morgan fingerprint density at radius 3 is 2.56 bits per heavy atom. The molecule has 1 aliphatic heterocycles. The lowest BCUT2D eigenvalue weighted by Crippen LogP contribution is -2.55. The summed E-state index contributed by atoms with van der Waals surface area (Å²) in [4.78, 5) is 12.0. The highest BCUT2D eigenvalue weighted by Gasteiger charge is 2.64. The summed E-state index contributed by atoms with van der Waals surface area (Å²) in [6.07, 6.45) is 10.8. The van der Waals surface area contributed by atoms with Gasteiger partial charge in [0.1, 0.15) is 0 Å². The third-order valence-electron chi connectivity index (χ3n) is 9.49. The summed E-state index contributed by atoms with van der Waals surface area (Å²) < 4.78 is 12.0. The van der Waals surface area contributed by atoms with Crippen LogP contribution in [-0.2, 0) is 14.3 Å². The first-order chi connectivity index (χ1) is 12.9. The zero-order chi connectivity index (χ0) is 18.9. The standard InChI is InChI=1S/C23H34O4/c1-21-9-7-16(25)13-15(21)3-4-17-18-5-6-20(22(18,2)10-8-19(17)21)23(14-24)26-11-12-27-23/h13,17-20,24H,3-12,14H2,1-2H3/t17-,18-,19-,20-,21-,22-/m0/s1. The van der Waals surface area contributed by atoms with Gasteiger partial charge in [0.25, 0.3) is 0 Å². The van der Waals surface area contributed by atoms with Crippen LogP contribution in [0, 0.1) is 34.5 Å². The third-order valence-corrected chi connectivity index (χ3v) is 9.49. The maximum atomic E-state index is 12.0. The highest BCUT2D eigenvalue weighted by Crippen LogP contribution is 2.68. The maximum Gasteiger partial charge on any atom is 0.195 e. The van der Waals surface area contributed by atoms with Crippen LogP contribution < -0.4 is 0 Å². The lowest BCUT2D eigenvalue weighted by molar-refractivity contribution is -0.244. The van der Waals surface area contributed by atoms with Gasteiger partial charge in [0.05, 0.1) is 19.8 Å². The second-order valence-electron chi connectivity index (χ2n) is 10.3. The topological polar surface area (TPSA) is 55.8 Å². The SMILES string of the molecule is C[C@]12CC[C@H]3[C@@H](CCC4=CC(=O)CC[C@@]43C)[C@@H]1CC[C@@H]2C1(CO)OCCO1. The van der Waals surface area contributed by atoms with E-state index >= 15 is 0 Å². The second kappa shape index (κ2) is 6.14. The van der Waals surface area contributed by atoms with E-state index in [1.807, 2.05) is 6.08 Å². The van der Waals surface area contributed by atoms with E-state index in [9.17, 15) is 9.90 Å². The fourth-order valence-electron chi connectivity index (χ4n) is 8.15. The minimum atomic E-state index is -0.767. The molecule has 150 valence electrons. The molecule has 0 aromatic rings. The molecule has 3 saturated carbocycles. The van der Waals surface area contributed by atoms with Crippen LogP contribution in [0.15, 0.2) is 11.6 Å². The second-order valence-corrected chi connectivity index (χ2v) is 10.3. The number of hydrogen-bond acceptors (Lipinski definition) is 4. The van der Waals surface area contributed by atoms with Crippen LogP contribution >= 0.6 is 0 Å². The van der Waals surface area contributed by atoms with Crippen molar-refractivity contribution < 1.29 is 19.4 Å². The van der Waals surface area contributed by atoms with Gasteiger partial charge in [0, 0.05) is 12.3 Å². The van der Waals surface area contributed by atoms with Crippen LogP contribution in [0.2, 0.25) is 0 Å². The van der Waals surface area contributed by atoms with Gasteiger partial charge in [0.2, 0.25) is 0 Å². The van der Waals surface area contributed by atoms with Gasteiger partial charge in [0.15, 0.2) is 11.6 Å². The van der Waals surface area contributed by atoms with Crippen molar-refractivity contribution >= 4 is 5.78 Å². The Morgan fingerprint density at radius 1 is 1.04 bits per heavy atom. The van der Waals surface area contributed by atoms with Crippen LogP contribution in [0.4, 0.5) is 0 Å². The summed E-state index contributed by atoms with van der Waals surface area (Å²) in [7, 11) is 0. The predicted octanol–water partition coefficient (Wildman–Crippen LogP) is 3.87. The van der Waals surface area contributed by atoms with Crippen molar-refractivity contribution in [3.63, 3.8) is 0 Å². The van der Waals surface area contributed by atoms with E-state index in [0.29, 0.717) is 36.8 Å². The molecule has 1 heterocycles. The number of carbonyl (C=O) groups excluding carboxylic acids is 1. The predicted molar refractivity (Wildman–Crippen MR) is 102 cm³/mol. The summed E-state index contributed by atoms with van der Waals surface area (Å²) in [6, 6.07) is 0. The number of hydrogen-bond donors (Lipinski definition) is 1. The van der Waals surface area contributed by atoms with Crippen molar-refractivity contribution in [1.82, 2.24) is 0 Å². The van der Waals surface area contributed by atoms with Crippen molar-refractivity contribution in [1.29, 1.82) is 0 Å². The molecular weight excluding hydrogens is 340 g/mol. The molecule has 4 fully saturated rings. The lowest BCUT2D eigenvalue weighted by Gasteiger charge is -2.59. The number of fused-ring (bicyclic) bond motifs is 5. The molecule has 4 heteroatoms. The molecule has 0 aromatic carbocycles. The highest BCUT2D eigenvalue weighted by atomic mass is 16.7. The molecule has 0 aromatic heterocycles. The van der Waals surface area contributed by atoms with Gasteiger partial charge in [-0.05, 0) is 79.6 Å². The maximum absolute atomic E-state index is 12.0. The smallest absolute Gasteiger partial charge is 0.195 e. The van der Waals surface area contributed by atoms with E-state index in [1.165, 1.54) is 31.3 Å². The van der Waals surface area contributed by atoms with Crippen molar-refractivity contribution in [3.8, 4) is 0 Å². The molecule has 4 nitrogen and oxygen atoms in total. The number of carbonyl (C=O) groups is 1. The summed E-state index contributed by atoms with van der Waals surface area (Å²) in [5.74, 6) is 1.99. The molecule has 6 atom stereocenters. The molecule has 27 heavy (non-hydrogen) atoms. The van der Waals surface area contributed by atoms with Gasteiger partial charge in [-0.2, -0.15) is 0 Å².